The largest absolute Gasteiger partial charge is 0.487 e. The van der Waals surface area contributed by atoms with E-state index in [-0.39, 0.29) is 5.91 Å². The summed E-state index contributed by atoms with van der Waals surface area (Å²) >= 11 is 0. The molecule has 3 heterocycles. The molecule has 0 aliphatic rings. The summed E-state index contributed by atoms with van der Waals surface area (Å²) in [4.78, 5) is 18.3. The molecule has 1 amide bonds. The second kappa shape index (κ2) is 8.48. The number of benzene rings is 1. The average Bonchev–Trinajstić information content (AvgIpc) is 3.40. The molecular weight excluding hydrogens is 366 g/mol. The number of ether oxygens (including phenoxy) is 1. The Labute approximate surface area is 168 Å². The molecule has 0 aliphatic carbocycles. The lowest BCUT2D eigenvalue weighted by Gasteiger charge is -2.12. The van der Waals surface area contributed by atoms with Crippen molar-refractivity contribution < 1.29 is 13.9 Å². The highest BCUT2D eigenvalue weighted by Gasteiger charge is 2.07. The highest BCUT2D eigenvalue weighted by molar-refractivity contribution is 5.91. The van der Waals surface area contributed by atoms with Crippen molar-refractivity contribution in [3.8, 4) is 5.75 Å². The van der Waals surface area contributed by atoms with Crippen molar-refractivity contribution in [3.63, 3.8) is 0 Å². The molecule has 0 saturated carbocycles. The second-order valence-electron chi connectivity index (χ2n) is 6.66. The van der Waals surface area contributed by atoms with Gasteiger partial charge in [0.25, 0.3) is 0 Å². The number of pyridine rings is 1. The van der Waals surface area contributed by atoms with Gasteiger partial charge in [0.15, 0.2) is 0 Å². The number of rotatable bonds is 7. The fourth-order valence-corrected chi connectivity index (χ4v) is 2.90. The van der Waals surface area contributed by atoms with Crippen LogP contribution in [0.5, 0.6) is 5.75 Å². The molecule has 6 nitrogen and oxygen atoms in total. The summed E-state index contributed by atoms with van der Waals surface area (Å²) in [5.74, 6) is 1.41. The number of amides is 1. The van der Waals surface area contributed by atoms with Crippen LogP contribution in [0.15, 0.2) is 83.7 Å². The molecule has 6 heteroatoms. The minimum Gasteiger partial charge on any atom is -0.487 e. The number of carbonyl (C=O) groups is 1. The van der Waals surface area contributed by atoms with E-state index in [2.05, 4.69) is 4.98 Å². The first kappa shape index (κ1) is 18.6. The third-order valence-corrected chi connectivity index (χ3v) is 4.45. The van der Waals surface area contributed by atoms with Crippen LogP contribution in [-0.2, 0) is 17.9 Å². The number of furan rings is 1. The topological polar surface area (TPSA) is 60.0 Å². The smallest absolute Gasteiger partial charge is 0.246 e. The number of carbonyl (C=O) groups excluding carboxylic acids is 1. The van der Waals surface area contributed by atoms with Crippen LogP contribution in [0.1, 0.15) is 17.0 Å². The van der Waals surface area contributed by atoms with Gasteiger partial charge in [0.2, 0.25) is 5.91 Å². The molecule has 0 unspecified atom stereocenters. The summed E-state index contributed by atoms with van der Waals surface area (Å²) < 4.78 is 13.0. The number of imidazole rings is 1. The molecule has 146 valence electrons. The summed E-state index contributed by atoms with van der Waals surface area (Å²) in [5, 5.41) is 0. The van der Waals surface area contributed by atoms with Gasteiger partial charge < -0.3 is 18.5 Å². The zero-order valence-corrected chi connectivity index (χ0v) is 16.1. The highest BCUT2D eigenvalue weighted by atomic mass is 16.5. The van der Waals surface area contributed by atoms with E-state index in [9.17, 15) is 4.79 Å². The molecular formula is C23H21N3O3. The fraction of sp³-hybridized carbons (Fsp3) is 0.130. The molecule has 0 fully saturated rings. The Hall–Kier alpha value is -3.80. The first-order valence-corrected chi connectivity index (χ1v) is 9.28. The van der Waals surface area contributed by atoms with E-state index in [1.165, 1.54) is 0 Å². The van der Waals surface area contributed by atoms with Crippen molar-refractivity contribution in [2.24, 2.45) is 0 Å². The molecule has 0 aliphatic heterocycles. The predicted octanol–water partition coefficient (Wildman–Crippen LogP) is 4.18. The molecule has 0 N–H and O–H groups in total. The van der Waals surface area contributed by atoms with E-state index < -0.39 is 0 Å². The fourth-order valence-electron chi connectivity index (χ4n) is 2.90. The van der Waals surface area contributed by atoms with Crippen LogP contribution in [0.3, 0.4) is 0 Å². The van der Waals surface area contributed by atoms with Gasteiger partial charge in [0.1, 0.15) is 23.8 Å². The first-order chi connectivity index (χ1) is 14.2. The highest BCUT2D eigenvalue weighted by Crippen LogP contribution is 2.15. The Kier molecular flexibility index (Phi) is 5.42. The standard InChI is InChI=1S/C23H21N3O3/c1-25(16-21-5-4-14-28-21)23(27)12-9-18-7-10-20(11-8-18)29-17-19-15-26-13-3-2-6-22(26)24-19/h2-15H,16-17H2,1H3. The van der Waals surface area contributed by atoms with Gasteiger partial charge in [-0.15, -0.1) is 0 Å². The van der Waals surface area contributed by atoms with E-state index in [0.717, 1.165) is 28.4 Å². The summed E-state index contributed by atoms with van der Waals surface area (Å²) in [6.07, 6.45) is 8.85. The maximum absolute atomic E-state index is 12.2. The van der Waals surface area contributed by atoms with Crippen molar-refractivity contribution in [1.82, 2.24) is 14.3 Å². The van der Waals surface area contributed by atoms with Gasteiger partial charge in [0, 0.05) is 25.5 Å². The van der Waals surface area contributed by atoms with E-state index in [0.29, 0.717) is 13.2 Å². The van der Waals surface area contributed by atoms with Crippen molar-refractivity contribution in [2.75, 3.05) is 7.05 Å². The number of nitrogens with zero attached hydrogens (tertiary/aromatic N) is 3. The quantitative estimate of drug-likeness (QED) is 0.447. The van der Waals surface area contributed by atoms with Crippen LogP contribution in [0.25, 0.3) is 11.7 Å². The predicted molar refractivity (Wildman–Crippen MR) is 110 cm³/mol. The number of hydrogen-bond donors (Lipinski definition) is 0. The molecule has 0 radical (unpaired) electrons. The van der Waals surface area contributed by atoms with Crippen LogP contribution in [0.2, 0.25) is 0 Å². The Morgan fingerprint density at radius 1 is 1.17 bits per heavy atom. The van der Waals surface area contributed by atoms with Gasteiger partial charge in [-0.1, -0.05) is 18.2 Å². The summed E-state index contributed by atoms with van der Waals surface area (Å²) in [7, 11) is 1.74. The van der Waals surface area contributed by atoms with Crippen LogP contribution in [0.4, 0.5) is 0 Å². The van der Waals surface area contributed by atoms with E-state index in [1.54, 1.807) is 30.4 Å². The third kappa shape index (κ3) is 4.73. The Morgan fingerprint density at radius 2 is 2.03 bits per heavy atom. The van der Waals surface area contributed by atoms with Crippen molar-refractivity contribution in [1.29, 1.82) is 0 Å². The van der Waals surface area contributed by atoms with E-state index in [4.69, 9.17) is 9.15 Å². The molecule has 29 heavy (non-hydrogen) atoms. The van der Waals surface area contributed by atoms with Gasteiger partial charge in [-0.05, 0) is 48.0 Å². The van der Waals surface area contributed by atoms with Crippen LogP contribution in [0, 0.1) is 0 Å². The number of fused-ring (bicyclic) bond motifs is 1. The monoisotopic (exact) mass is 387 g/mol. The third-order valence-electron chi connectivity index (χ3n) is 4.45. The van der Waals surface area contributed by atoms with Crippen molar-refractivity contribution in [3.05, 3.63) is 96.3 Å². The maximum atomic E-state index is 12.2. The van der Waals surface area contributed by atoms with Gasteiger partial charge in [-0.3, -0.25) is 4.79 Å². The molecule has 1 aromatic carbocycles. The number of hydrogen-bond acceptors (Lipinski definition) is 4. The number of aromatic nitrogens is 2. The lowest BCUT2D eigenvalue weighted by Crippen LogP contribution is -2.23. The van der Waals surface area contributed by atoms with Crippen LogP contribution in [-0.4, -0.2) is 27.2 Å². The average molecular weight is 387 g/mol. The van der Waals surface area contributed by atoms with Gasteiger partial charge in [-0.2, -0.15) is 0 Å². The molecule has 0 atom stereocenters. The SMILES string of the molecule is CN(Cc1ccco1)C(=O)C=Cc1ccc(OCc2cn3ccccc3n2)cc1. The maximum Gasteiger partial charge on any atom is 0.246 e. The normalized spacial score (nSPS) is 11.2. The van der Waals surface area contributed by atoms with Gasteiger partial charge in [0.05, 0.1) is 18.5 Å². The molecule has 0 spiro atoms. The molecule has 4 rings (SSSR count). The lowest BCUT2D eigenvalue weighted by atomic mass is 10.2. The molecule has 4 aromatic rings. The zero-order valence-electron chi connectivity index (χ0n) is 16.1. The minimum absolute atomic E-state index is 0.0893. The molecule has 3 aromatic heterocycles. The molecule has 0 bridgehead atoms. The lowest BCUT2D eigenvalue weighted by molar-refractivity contribution is -0.125. The van der Waals surface area contributed by atoms with E-state index in [1.807, 2.05) is 71.4 Å². The zero-order chi connectivity index (χ0) is 20.1. The Balaban J connectivity index is 1.31. The summed E-state index contributed by atoms with van der Waals surface area (Å²) in [6, 6.07) is 17.1. The second-order valence-corrected chi connectivity index (χ2v) is 6.66. The van der Waals surface area contributed by atoms with Gasteiger partial charge >= 0.3 is 0 Å². The number of likely N-dealkylation sites (N-methyl/N-ethyl adjacent to an activating group) is 1. The van der Waals surface area contributed by atoms with Crippen molar-refractivity contribution >= 4 is 17.6 Å². The van der Waals surface area contributed by atoms with Crippen LogP contribution < -0.4 is 4.74 Å². The molecule has 0 saturated heterocycles. The first-order valence-electron chi connectivity index (χ1n) is 9.28. The van der Waals surface area contributed by atoms with Gasteiger partial charge in [-0.25, -0.2) is 4.98 Å². The van der Waals surface area contributed by atoms with Crippen LogP contribution >= 0.6 is 0 Å². The van der Waals surface area contributed by atoms with E-state index >= 15 is 0 Å². The summed E-state index contributed by atoms with van der Waals surface area (Å²) in [6.45, 7) is 0.832. The van der Waals surface area contributed by atoms with Crippen molar-refractivity contribution in [2.45, 2.75) is 13.2 Å². The Bertz CT molecular complexity index is 1080. The Morgan fingerprint density at radius 3 is 2.79 bits per heavy atom. The summed E-state index contributed by atoms with van der Waals surface area (Å²) in [5.41, 5.74) is 2.68. The minimum atomic E-state index is -0.0893.